The zero-order chi connectivity index (χ0) is 17.6. The highest BCUT2D eigenvalue weighted by Crippen LogP contribution is 2.40. The number of fused-ring (bicyclic) bond motifs is 1. The summed E-state index contributed by atoms with van der Waals surface area (Å²) in [5.74, 6) is 1.65. The maximum Gasteiger partial charge on any atom is 0.232 e. The van der Waals surface area contributed by atoms with Crippen LogP contribution in [-0.2, 0) is 4.79 Å². The van der Waals surface area contributed by atoms with E-state index in [1.165, 1.54) is 12.8 Å². The molecule has 1 aromatic rings. The van der Waals surface area contributed by atoms with Crippen LogP contribution in [0.25, 0.3) is 0 Å². The van der Waals surface area contributed by atoms with Gasteiger partial charge in [0.05, 0.1) is 5.92 Å². The fourth-order valence-electron chi connectivity index (χ4n) is 4.44. The van der Waals surface area contributed by atoms with Gasteiger partial charge in [-0.25, -0.2) is 0 Å². The fraction of sp³-hybridized carbons (Fsp3) is 0.579. The molecule has 0 aromatic heterocycles. The van der Waals surface area contributed by atoms with Crippen molar-refractivity contribution < 1.29 is 9.59 Å². The van der Waals surface area contributed by atoms with Crippen LogP contribution in [-0.4, -0.2) is 58.3 Å². The lowest BCUT2D eigenvalue weighted by molar-refractivity contribution is -0.145. The molecule has 2 saturated heterocycles. The standard InChI is InChI=1S/C19H23ClN2O2S/c1-19(21-6-2-3-7-21)12-25-9-8-22(19)18(24)16-11-17(23)14-5-4-13(20)10-15(14)16/h4-5,10,16H,2-3,6-9,11-12H2,1H3. The molecule has 0 bridgehead atoms. The Morgan fingerprint density at radius 2 is 2.04 bits per heavy atom. The predicted molar refractivity (Wildman–Crippen MR) is 101 cm³/mol. The summed E-state index contributed by atoms with van der Waals surface area (Å²) in [6.45, 7) is 5.04. The molecule has 6 heteroatoms. The molecular formula is C19H23ClN2O2S. The second-order valence-electron chi connectivity index (χ2n) is 7.37. The quantitative estimate of drug-likeness (QED) is 0.790. The van der Waals surface area contributed by atoms with Crippen molar-refractivity contribution in [1.29, 1.82) is 0 Å². The highest BCUT2D eigenvalue weighted by atomic mass is 35.5. The molecule has 25 heavy (non-hydrogen) atoms. The van der Waals surface area contributed by atoms with E-state index in [9.17, 15) is 9.59 Å². The van der Waals surface area contributed by atoms with Gasteiger partial charge in [0, 0.05) is 48.1 Å². The summed E-state index contributed by atoms with van der Waals surface area (Å²) in [4.78, 5) is 30.3. The van der Waals surface area contributed by atoms with Gasteiger partial charge in [0.1, 0.15) is 5.66 Å². The number of Topliss-reactive ketones (excluding diaryl/α,β-unsaturated/α-hetero) is 1. The Labute approximate surface area is 157 Å². The molecule has 2 atom stereocenters. The van der Waals surface area contributed by atoms with Crippen molar-refractivity contribution in [3.8, 4) is 0 Å². The minimum absolute atomic E-state index is 0.0549. The van der Waals surface area contributed by atoms with Crippen molar-refractivity contribution >= 4 is 35.1 Å². The Morgan fingerprint density at radius 3 is 2.80 bits per heavy atom. The number of carbonyl (C=O) groups is 2. The van der Waals surface area contributed by atoms with E-state index in [4.69, 9.17) is 11.6 Å². The Morgan fingerprint density at radius 1 is 1.28 bits per heavy atom. The summed E-state index contributed by atoms with van der Waals surface area (Å²) in [7, 11) is 0. The third-order valence-electron chi connectivity index (χ3n) is 5.85. The lowest BCUT2D eigenvalue weighted by atomic mass is 9.97. The van der Waals surface area contributed by atoms with Crippen LogP contribution in [0, 0.1) is 0 Å². The van der Waals surface area contributed by atoms with Crippen LogP contribution < -0.4 is 0 Å². The number of likely N-dealkylation sites (tertiary alicyclic amines) is 1. The Hall–Kier alpha value is -1.04. The highest BCUT2D eigenvalue weighted by molar-refractivity contribution is 7.99. The first kappa shape index (κ1) is 17.4. The van der Waals surface area contributed by atoms with Gasteiger partial charge in [-0.3, -0.25) is 14.5 Å². The first-order valence-electron chi connectivity index (χ1n) is 8.97. The zero-order valence-electron chi connectivity index (χ0n) is 14.5. The van der Waals surface area contributed by atoms with Crippen LogP contribution in [0.5, 0.6) is 0 Å². The second-order valence-corrected chi connectivity index (χ2v) is 8.91. The van der Waals surface area contributed by atoms with Crippen LogP contribution in [0.15, 0.2) is 18.2 Å². The number of carbonyl (C=O) groups excluding carboxylic acids is 2. The lowest BCUT2D eigenvalue weighted by Crippen LogP contribution is -2.64. The van der Waals surface area contributed by atoms with E-state index < -0.39 is 0 Å². The van der Waals surface area contributed by atoms with Crippen LogP contribution in [0.2, 0.25) is 5.02 Å². The zero-order valence-corrected chi connectivity index (χ0v) is 16.0. The van der Waals surface area contributed by atoms with Gasteiger partial charge in [-0.2, -0.15) is 11.8 Å². The van der Waals surface area contributed by atoms with Crippen LogP contribution in [0.3, 0.4) is 0 Å². The highest BCUT2D eigenvalue weighted by Gasteiger charge is 2.47. The van der Waals surface area contributed by atoms with Gasteiger partial charge in [-0.15, -0.1) is 0 Å². The molecule has 134 valence electrons. The summed E-state index contributed by atoms with van der Waals surface area (Å²) in [5, 5.41) is 0.586. The number of thioether (sulfide) groups is 1. The van der Waals surface area contributed by atoms with E-state index in [-0.39, 0.29) is 29.7 Å². The smallest absolute Gasteiger partial charge is 0.232 e. The predicted octanol–water partition coefficient (Wildman–Crippen LogP) is 3.40. The minimum atomic E-state index is -0.383. The van der Waals surface area contributed by atoms with Crippen molar-refractivity contribution in [3.63, 3.8) is 0 Å². The number of amides is 1. The van der Waals surface area contributed by atoms with E-state index in [0.717, 1.165) is 36.7 Å². The third-order valence-corrected chi connectivity index (χ3v) is 7.30. The van der Waals surface area contributed by atoms with E-state index in [1.807, 2.05) is 16.7 Å². The number of nitrogens with zero attached hydrogens (tertiary/aromatic N) is 2. The average Bonchev–Trinajstić information content (AvgIpc) is 3.24. The largest absolute Gasteiger partial charge is 0.322 e. The molecule has 2 fully saturated rings. The molecule has 0 saturated carbocycles. The Kier molecular flexibility index (Phi) is 4.59. The number of halogens is 1. The molecule has 1 aliphatic carbocycles. The molecule has 1 aromatic carbocycles. The maximum absolute atomic E-state index is 13.5. The van der Waals surface area contributed by atoms with E-state index in [2.05, 4.69) is 11.8 Å². The van der Waals surface area contributed by atoms with Crippen LogP contribution in [0.4, 0.5) is 0 Å². The number of ketones is 1. The molecule has 2 aliphatic heterocycles. The summed E-state index contributed by atoms with van der Waals surface area (Å²) in [6, 6.07) is 5.30. The van der Waals surface area contributed by atoms with Gasteiger partial charge in [-0.1, -0.05) is 11.6 Å². The Bertz CT molecular complexity index is 719. The average molecular weight is 379 g/mol. The SMILES string of the molecule is CC1(N2CCCC2)CSCCN1C(=O)C1CC(=O)c2ccc(Cl)cc21. The first-order chi connectivity index (χ1) is 12.0. The molecule has 0 spiro atoms. The monoisotopic (exact) mass is 378 g/mol. The summed E-state index contributed by atoms with van der Waals surface area (Å²) >= 11 is 8.06. The molecule has 1 amide bonds. The third kappa shape index (κ3) is 2.90. The summed E-state index contributed by atoms with van der Waals surface area (Å²) in [5.41, 5.74) is 1.22. The van der Waals surface area contributed by atoms with Gasteiger partial charge >= 0.3 is 0 Å². The second kappa shape index (κ2) is 6.60. The van der Waals surface area contributed by atoms with Crippen LogP contribution >= 0.6 is 23.4 Å². The van der Waals surface area contributed by atoms with Crippen molar-refractivity contribution in [3.05, 3.63) is 34.3 Å². The maximum atomic E-state index is 13.5. The first-order valence-corrected chi connectivity index (χ1v) is 10.5. The fourth-order valence-corrected chi connectivity index (χ4v) is 5.80. The molecule has 2 unspecified atom stereocenters. The number of hydrogen-bond acceptors (Lipinski definition) is 4. The molecule has 4 rings (SSSR count). The molecular weight excluding hydrogens is 356 g/mol. The molecule has 4 nitrogen and oxygen atoms in total. The molecule has 3 aliphatic rings. The van der Waals surface area contributed by atoms with E-state index in [1.54, 1.807) is 18.2 Å². The molecule has 0 radical (unpaired) electrons. The summed E-state index contributed by atoms with van der Waals surface area (Å²) in [6.07, 6.45) is 2.67. The minimum Gasteiger partial charge on any atom is -0.322 e. The van der Waals surface area contributed by atoms with Gasteiger partial charge in [0.2, 0.25) is 5.91 Å². The van der Waals surface area contributed by atoms with E-state index >= 15 is 0 Å². The van der Waals surface area contributed by atoms with Crippen molar-refractivity contribution in [2.24, 2.45) is 0 Å². The molecule has 0 N–H and O–H groups in total. The van der Waals surface area contributed by atoms with Gasteiger partial charge in [-0.05, 0) is 43.5 Å². The van der Waals surface area contributed by atoms with E-state index in [0.29, 0.717) is 10.6 Å². The number of rotatable bonds is 2. The van der Waals surface area contributed by atoms with Crippen molar-refractivity contribution in [1.82, 2.24) is 9.80 Å². The van der Waals surface area contributed by atoms with Gasteiger partial charge in [0.25, 0.3) is 0 Å². The van der Waals surface area contributed by atoms with Crippen LogP contribution in [0.1, 0.15) is 48.0 Å². The number of hydrogen-bond donors (Lipinski definition) is 0. The summed E-state index contributed by atoms with van der Waals surface area (Å²) < 4.78 is 0. The normalized spacial score (nSPS) is 29.9. The van der Waals surface area contributed by atoms with Crippen molar-refractivity contribution in [2.75, 3.05) is 31.1 Å². The Balaban J connectivity index is 1.66. The lowest BCUT2D eigenvalue weighted by Gasteiger charge is -2.50. The van der Waals surface area contributed by atoms with Gasteiger partial charge < -0.3 is 4.90 Å². The van der Waals surface area contributed by atoms with Crippen molar-refractivity contribution in [2.45, 2.75) is 37.8 Å². The topological polar surface area (TPSA) is 40.6 Å². The van der Waals surface area contributed by atoms with Gasteiger partial charge in [0.15, 0.2) is 5.78 Å². The molecule has 2 heterocycles. The number of benzene rings is 1.